The Morgan fingerprint density at radius 2 is 1.70 bits per heavy atom. The van der Waals surface area contributed by atoms with E-state index in [1.165, 1.54) is 32.2 Å². The van der Waals surface area contributed by atoms with Gasteiger partial charge >= 0.3 is 6.09 Å². The molecule has 0 bridgehead atoms. The van der Waals surface area contributed by atoms with Crippen molar-refractivity contribution in [3.8, 4) is 5.69 Å². The number of rotatable bonds is 9. The molecule has 9 nitrogen and oxygen atoms in total. The van der Waals surface area contributed by atoms with Gasteiger partial charge in [0.05, 0.1) is 4.90 Å². The summed E-state index contributed by atoms with van der Waals surface area (Å²) in [5, 5.41) is 4.02. The lowest BCUT2D eigenvalue weighted by Gasteiger charge is -2.24. The summed E-state index contributed by atoms with van der Waals surface area (Å²) >= 11 is 0. The molecule has 1 atom stereocenters. The number of amides is 1. The average molecular weight is 612 g/mol. The zero-order valence-corrected chi connectivity index (χ0v) is 24.8. The molecule has 6 rings (SSSR count). The molecule has 5 aromatic rings. The van der Waals surface area contributed by atoms with Gasteiger partial charge in [-0.1, -0.05) is 60.7 Å². The van der Waals surface area contributed by atoms with Crippen LogP contribution in [0.5, 0.6) is 0 Å². The first kappa shape index (κ1) is 29.2. The Labute approximate surface area is 255 Å². The zero-order valence-electron chi connectivity index (χ0n) is 24.0. The van der Waals surface area contributed by atoms with Crippen LogP contribution in [0.2, 0.25) is 0 Å². The summed E-state index contributed by atoms with van der Waals surface area (Å²) in [6.07, 6.45) is 4.33. The third-order valence-corrected chi connectivity index (χ3v) is 9.43. The summed E-state index contributed by atoms with van der Waals surface area (Å²) < 4.78 is 50.2. The SMILES string of the molecule is CN(CC(c1ccccc1)c1cc2c(cn1)CN(S(=O)(=O)c1ccc(-n3cccn3)c(F)c1)C2)C(=O)OCc1ccccc1. The standard InChI is InChI=1S/C33H30FN5O4S/c1-37(33(40)43-23-24-9-4-2-5-10-24)22-29(25-11-6-3-7-12-25)31-17-26-20-38(21-27(26)19-35-31)44(41,42)28-13-14-32(30(34)18-28)39-16-8-15-36-39/h2-19,29H,20-23H2,1H3. The largest absolute Gasteiger partial charge is 0.445 e. The summed E-state index contributed by atoms with van der Waals surface area (Å²) in [6.45, 7) is 0.700. The Morgan fingerprint density at radius 1 is 0.977 bits per heavy atom. The molecule has 1 amide bonds. The highest BCUT2D eigenvalue weighted by molar-refractivity contribution is 7.89. The molecule has 0 N–H and O–H groups in total. The Bertz CT molecular complexity index is 1870. The van der Waals surface area contributed by atoms with E-state index in [0.29, 0.717) is 12.2 Å². The first-order valence-electron chi connectivity index (χ1n) is 14.0. The fourth-order valence-corrected chi connectivity index (χ4v) is 6.67. The predicted octanol–water partition coefficient (Wildman–Crippen LogP) is 5.51. The number of likely N-dealkylation sites (N-methyl/N-ethyl adjacent to an activating group) is 1. The summed E-state index contributed by atoms with van der Waals surface area (Å²) in [5.74, 6) is -0.974. The van der Waals surface area contributed by atoms with Gasteiger partial charge in [0.15, 0.2) is 0 Å². The Hall–Kier alpha value is -4.87. The van der Waals surface area contributed by atoms with Gasteiger partial charge in [0.25, 0.3) is 0 Å². The monoisotopic (exact) mass is 611 g/mol. The minimum absolute atomic E-state index is 0.117. The van der Waals surface area contributed by atoms with Crippen LogP contribution in [0.25, 0.3) is 5.69 Å². The van der Waals surface area contributed by atoms with Crippen molar-refractivity contribution in [3.63, 3.8) is 0 Å². The van der Waals surface area contributed by atoms with Crippen LogP contribution >= 0.6 is 0 Å². The van der Waals surface area contributed by atoms with E-state index in [0.717, 1.165) is 28.3 Å². The van der Waals surface area contributed by atoms with Crippen molar-refractivity contribution in [3.05, 3.63) is 143 Å². The quantitative estimate of drug-likeness (QED) is 0.218. The molecule has 0 spiro atoms. The van der Waals surface area contributed by atoms with Gasteiger partial charge in [-0.25, -0.2) is 22.3 Å². The Kier molecular flexibility index (Phi) is 8.23. The molecule has 1 unspecified atom stereocenters. The van der Waals surface area contributed by atoms with Crippen LogP contribution < -0.4 is 0 Å². The van der Waals surface area contributed by atoms with Crippen molar-refractivity contribution in [2.75, 3.05) is 13.6 Å². The van der Waals surface area contributed by atoms with E-state index in [1.54, 1.807) is 25.5 Å². The second kappa shape index (κ2) is 12.4. The lowest BCUT2D eigenvalue weighted by atomic mass is 9.93. The van der Waals surface area contributed by atoms with Crippen molar-refractivity contribution in [2.24, 2.45) is 0 Å². The topological polar surface area (TPSA) is 97.6 Å². The minimum Gasteiger partial charge on any atom is -0.445 e. The second-order valence-corrected chi connectivity index (χ2v) is 12.5. The van der Waals surface area contributed by atoms with Crippen LogP contribution in [0.1, 0.15) is 33.9 Å². The first-order chi connectivity index (χ1) is 21.3. The molecule has 0 fully saturated rings. The summed E-state index contributed by atoms with van der Waals surface area (Å²) in [6, 6.07) is 26.6. The molecule has 3 heterocycles. The van der Waals surface area contributed by atoms with E-state index >= 15 is 0 Å². The van der Waals surface area contributed by atoms with E-state index < -0.39 is 21.9 Å². The number of sulfonamides is 1. The van der Waals surface area contributed by atoms with Gasteiger partial charge in [0.1, 0.15) is 18.1 Å². The first-order valence-corrected chi connectivity index (χ1v) is 15.5. The van der Waals surface area contributed by atoms with Gasteiger partial charge in [-0.2, -0.15) is 9.40 Å². The molecule has 0 radical (unpaired) electrons. The number of halogens is 1. The van der Waals surface area contributed by atoms with Crippen molar-refractivity contribution >= 4 is 16.1 Å². The van der Waals surface area contributed by atoms with Gasteiger partial charge in [-0.15, -0.1) is 0 Å². The molecular weight excluding hydrogens is 581 g/mol. The molecule has 0 saturated carbocycles. The molecule has 2 aromatic heterocycles. The normalized spacial score (nSPS) is 13.8. The van der Waals surface area contributed by atoms with Gasteiger partial charge in [0.2, 0.25) is 10.0 Å². The van der Waals surface area contributed by atoms with Gasteiger partial charge in [-0.3, -0.25) is 4.98 Å². The number of aromatic nitrogens is 3. The van der Waals surface area contributed by atoms with Crippen LogP contribution in [0.3, 0.4) is 0 Å². The summed E-state index contributed by atoms with van der Waals surface area (Å²) in [7, 11) is -2.31. The van der Waals surface area contributed by atoms with E-state index in [9.17, 15) is 17.6 Å². The molecular formula is C33H30FN5O4S. The molecule has 0 saturated heterocycles. The minimum atomic E-state index is -3.99. The molecule has 1 aliphatic heterocycles. The van der Waals surface area contributed by atoms with Gasteiger partial charge in [-0.05, 0) is 52.6 Å². The fourth-order valence-electron chi connectivity index (χ4n) is 5.26. The van der Waals surface area contributed by atoms with Crippen LogP contribution in [-0.4, -0.2) is 52.1 Å². The Morgan fingerprint density at radius 3 is 2.41 bits per heavy atom. The van der Waals surface area contributed by atoms with Gasteiger partial charge < -0.3 is 9.64 Å². The zero-order chi connectivity index (χ0) is 30.7. The number of benzene rings is 3. The number of ether oxygens (including phenoxy) is 1. The van der Waals surface area contributed by atoms with Crippen LogP contribution in [0.4, 0.5) is 9.18 Å². The lowest BCUT2D eigenvalue weighted by Crippen LogP contribution is -2.32. The number of fused-ring (bicyclic) bond motifs is 1. The van der Waals surface area contributed by atoms with Crippen LogP contribution in [0.15, 0.2) is 114 Å². The fraction of sp³-hybridized carbons (Fsp3) is 0.182. The number of pyridine rings is 1. The summed E-state index contributed by atoms with van der Waals surface area (Å²) in [4.78, 5) is 19.0. The summed E-state index contributed by atoms with van der Waals surface area (Å²) in [5.41, 5.74) is 4.29. The van der Waals surface area contributed by atoms with Crippen LogP contribution in [-0.2, 0) is 34.5 Å². The van der Waals surface area contributed by atoms with Crippen molar-refractivity contribution in [1.82, 2.24) is 24.0 Å². The van der Waals surface area contributed by atoms with E-state index in [1.807, 2.05) is 66.7 Å². The predicted molar refractivity (Wildman–Crippen MR) is 162 cm³/mol. The molecule has 44 heavy (non-hydrogen) atoms. The number of hydrogen-bond donors (Lipinski definition) is 0. The highest BCUT2D eigenvalue weighted by Crippen LogP contribution is 2.32. The second-order valence-electron chi connectivity index (χ2n) is 10.6. The van der Waals surface area contributed by atoms with E-state index in [4.69, 9.17) is 9.72 Å². The Balaban J connectivity index is 1.20. The third-order valence-electron chi connectivity index (χ3n) is 7.64. The highest BCUT2D eigenvalue weighted by atomic mass is 32.2. The average Bonchev–Trinajstić information content (AvgIpc) is 3.74. The number of nitrogens with zero attached hydrogens (tertiary/aromatic N) is 5. The molecule has 0 aliphatic carbocycles. The van der Waals surface area contributed by atoms with Crippen molar-refractivity contribution < 1.29 is 22.3 Å². The molecule has 11 heteroatoms. The van der Waals surface area contributed by atoms with E-state index in [2.05, 4.69) is 5.10 Å². The van der Waals surface area contributed by atoms with Crippen LogP contribution in [0, 0.1) is 5.82 Å². The third kappa shape index (κ3) is 6.10. The molecule has 224 valence electrons. The van der Waals surface area contributed by atoms with Gasteiger partial charge in [0, 0.05) is 56.9 Å². The smallest absolute Gasteiger partial charge is 0.409 e. The number of hydrogen-bond acceptors (Lipinski definition) is 6. The lowest BCUT2D eigenvalue weighted by molar-refractivity contribution is 0.104. The maximum Gasteiger partial charge on any atom is 0.409 e. The number of carbonyl (C=O) groups excluding carboxylic acids is 1. The van der Waals surface area contributed by atoms with Crippen molar-refractivity contribution in [1.29, 1.82) is 0 Å². The van der Waals surface area contributed by atoms with E-state index in [-0.39, 0.29) is 36.2 Å². The van der Waals surface area contributed by atoms with Crippen molar-refractivity contribution in [2.45, 2.75) is 30.5 Å². The highest BCUT2D eigenvalue weighted by Gasteiger charge is 2.33. The maximum absolute atomic E-state index is 14.9. The molecule has 1 aliphatic rings. The number of carbonyl (C=O) groups is 1. The maximum atomic E-state index is 14.9. The molecule has 3 aromatic carbocycles.